The van der Waals surface area contributed by atoms with Crippen LogP contribution < -0.4 is 14.8 Å². The van der Waals surface area contributed by atoms with E-state index in [1.807, 2.05) is 0 Å². The average Bonchev–Trinajstić information content (AvgIpc) is 2.45. The fourth-order valence-corrected chi connectivity index (χ4v) is 1.96. The summed E-state index contributed by atoms with van der Waals surface area (Å²) >= 11 is 0. The van der Waals surface area contributed by atoms with Gasteiger partial charge in [-0.2, -0.15) is 0 Å². The summed E-state index contributed by atoms with van der Waals surface area (Å²) in [6.07, 6.45) is 0. The molecular formula is C13H16N2O4. The Morgan fingerprint density at radius 1 is 1.26 bits per heavy atom. The predicted octanol–water partition coefficient (Wildman–Crippen LogP) is 0.276. The molecule has 1 aromatic carbocycles. The summed E-state index contributed by atoms with van der Waals surface area (Å²) in [5.41, 5.74) is 0.479. The number of amides is 2. The van der Waals surface area contributed by atoms with Crippen molar-refractivity contribution in [3.05, 3.63) is 23.8 Å². The Hall–Kier alpha value is -2.24. The molecule has 1 heterocycles. The molecule has 6 nitrogen and oxygen atoms in total. The molecule has 1 fully saturated rings. The summed E-state index contributed by atoms with van der Waals surface area (Å²) in [5.74, 6) is 0.737. The van der Waals surface area contributed by atoms with Gasteiger partial charge in [0.05, 0.1) is 20.8 Å². The second-order valence-corrected chi connectivity index (χ2v) is 4.15. The number of nitrogens with zero attached hydrogens (tertiary/aromatic N) is 1. The van der Waals surface area contributed by atoms with Crippen molar-refractivity contribution < 1.29 is 19.1 Å². The smallest absolute Gasteiger partial charge is 0.254 e. The van der Waals surface area contributed by atoms with E-state index in [1.54, 1.807) is 18.2 Å². The number of ether oxygens (including phenoxy) is 2. The Balaban J connectivity index is 2.21. The monoisotopic (exact) mass is 264 g/mol. The van der Waals surface area contributed by atoms with E-state index in [2.05, 4.69) is 5.32 Å². The zero-order valence-corrected chi connectivity index (χ0v) is 10.9. The van der Waals surface area contributed by atoms with Crippen LogP contribution in [0.15, 0.2) is 18.2 Å². The maximum absolute atomic E-state index is 12.3. The van der Waals surface area contributed by atoms with E-state index in [9.17, 15) is 9.59 Å². The Bertz CT molecular complexity index is 501. The minimum atomic E-state index is -0.184. The summed E-state index contributed by atoms with van der Waals surface area (Å²) in [6.45, 7) is 1.09. The number of rotatable bonds is 3. The second kappa shape index (κ2) is 5.60. The highest BCUT2D eigenvalue weighted by molar-refractivity contribution is 5.97. The van der Waals surface area contributed by atoms with Gasteiger partial charge in [0.2, 0.25) is 5.91 Å². The molecule has 1 N–H and O–H groups in total. The van der Waals surface area contributed by atoms with E-state index in [4.69, 9.17) is 9.47 Å². The zero-order chi connectivity index (χ0) is 13.8. The Labute approximate surface area is 111 Å². The molecule has 0 aromatic heterocycles. The molecule has 6 heteroatoms. The molecule has 2 rings (SSSR count). The van der Waals surface area contributed by atoms with Gasteiger partial charge in [-0.05, 0) is 18.2 Å². The summed E-state index contributed by atoms with van der Waals surface area (Å²) in [7, 11) is 3.05. The quantitative estimate of drug-likeness (QED) is 0.851. The molecule has 0 saturated carbocycles. The molecule has 19 heavy (non-hydrogen) atoms. The van der Waals surface area contributed by atoms with Crippen molar-refractivity contribution in [1.29, 1.82) is 0 Å². The molecule has 1 aliphatic heterocycles. The number of carbonyl (C=O) groups is 2. The van der Waals surface area contributed by atoms with Crippen LogP contribution in [-0.2, 0) is 4.79 Å². The van der Waals surface area contributed by atoms with E-state index in [1.165, 1.54) is 19.1 Å². The lowest BCUT2D eigenvalue weighted by Gasteiger charge is -2.26. The summed E-state index contributed by atoms with van der Waals surface area (Å²) in [6, 6.07) is 4.96. The van der Waals surface area contributed by atoms with Gasteiger partial charge in [-0.1, -0.05) is 0 Å². The number of benzene rings is 1. The highest BCUT2D eigenvalue weighted by atomic mass is 16.5. The van der Waals surface area contributed by atoms with Gasteiger partial charge in [0.1, 0.15) is 0 Å². The third-order valence-electron chi connectivity index (χ3n) is 2.96. The molecule has 1 aliphatic rings. The topological polar surface area (TPSA) is 67.9 Å². The lowest BCUT2D eigenvalue weighted by Crippen LogP contribution is -2.49. The number of piperazine rings is 1. The second-order valence-electron chi connectivity index (χ2n) is 4.15. The van der Waals surface area contributed by atoms with Crippen molar-refractivity contribution in [3.63, 3.8) is 0 Å². The van der Waals surface area contributed by atoms with Crippen molar-refractivity contribution in [2.75, 3.05) is 33.9 Å². The number of hydrogen-bond acceptors (Lipinski definition) is 4. The molecule has 0 unspecified atom stereocenters. The van der Waals surface area contributed by atoms with Gasteiger partial charge in [0, 0.05) is 18.7 Å². The highest BCUT2D eigenvalue weighted by Crippen LogP contribution is 2.28. The molecule has 0 atom stereocenters. The van der Waals surface area contributed by atoms with Gasteiger partial charge in [-0.15, -0.1) is 0 Å². The Morgan fingerprint density at radius 2 is 2.00 bits per heavy atom. The van der Waals surface area contributed by atoms with Gasteiger partial charge in [0.25, 0.3) is 5.91 Å². The van der Waals surface area contributed by atoms with Gasteiger partial charge in [0.15, 0.2) is 11.5 Å². The fraction of sp³-hybridized carbons (Fsp3) is 0.385. The number of methoxy groups -OCH3 is 2. The minimum Gasteiger partial charge on any atom is -0.493 e. The average molecular weight is 264 g/mol. The van der Waals surface area contributed by atoms with Crippen molar-refractivity contribution in [1.82, 2.24) is 10.2 Å². The molecule has 102 valence electrons. The van der Waals surface area contributed by atoms with Crippen molar-refractivity contribution in [3.8, 4) is 11.5 Å². The highest BCUT2D eigenvalue weighted by Gasteiger charge is 2.23. The van der Waals surface area contributed by atoms with Crippen LogP contribution >= 0.6 is 0 Å². The summed E-state index contributed by atoms with van der Waals surface area (Å²) in [4.78, 5) is 25.1. The van der Waals surface area contributed by atoms with Crippen LogP contribution in [0.4, 0.5) is 0 Å². The predicted molar refractivity (Wildman–Crippen MR) is 68.5 cm³/mol. The van der Waals surface area contributed by atoms with Crippen LogP contribution in [-0.4, -0.2) is 50.6 Å². The first-order valence-electron chi connectivity index (χ1n) is 5.93. The SMILES string of the molecule is COc1ccc(C(=O)N2CCNC(=O)C2)cc1OC. The van der Waals surface area contributed by atoms with Crippen molar-refractivity contribution in [2.24, 2.45) is 0 Å². The Morgan fingerprint density at radius 3 is 2.63 bits per heavy atom. The van der Waals surface area contributed by atoms with Gasteiger partial charge >= 0.3 is 0 Å². The first-order chi connectivity index (χ1) is 9.15. The fourth-order valence-electron chi connectivity index (χ4n) is 1.96. The minimum absolute atomic E-state index is 0.0905. The first-order valence-corrected chi connectivity index (χ1v) is 5.93. The van der Waals surface area contributed by atoms with Crippen molar-refractivity contribution >= 4 is 11.8 Å². The van der Waals surface area contributed by atoms with E-state index in [0.717, 1.165) is 0 Å². The van der Waals surface area contributed by atoms with Crippen molar-refractivity contribution in [2.45, 2.75) is 0 Å². The lowest BCUT2D eigenvalue weighted by molar-refractivity contribution is -0.123. The van der Waals surface area contributed by atoms with E-state index in [-0.39, 0.29) is 18.4 Å². The van der Waals surface area contributed by atoms with Gasteiger partial charge in [-0.3, -0.25) is 9.59 Å². The molecule has 1 saturated heterocycles. The third kappa shape index (κ3) is 2.78. The normalized spacial score (nSPS) is 14.8. The Kier molecular flexibility index (Phi) is 3.89. The molecule has 2 amide bonds. The maximum Gasteiger partial charge on any atom is 0.254 e. The third-order valence-corrected chi connectivity index (χ3v) is 2.96. The molecule has 0 radical (unpaired) electrons. The van der Waals surface area contributed by atoms with Gasteiger partial charge in [-0.25, -0.2) is 0 Å². The van der Waals surface area contributed by atoms with E-state index < -0.39 is 0 Å². The summed E-state index contributed by atoms with van der Waals surface area (Å²) in [5, 5.41) is 2.68. The molecule has 0 aliphatic carbocycles. The summed E-state index contributed by atoms with van der Waals surface area (Å²) < 4.78 is 10.3. The maximum atomic E-state index is 12.3. The van der Waals surface area contributed by atoms with Crippen LogP contribution in [0.25, 0.3) is 0 Å². The molecular weight excluding hydrogens is 248 g/mol. The van der Waals surface area contributed by atoms with Crippen LogP contribution in [0.3, 0.4) is 0 Å². The molecule has 0 spiro atoms. The molecule has 1 aromatic rings. The van der Waals surface area contributed by atoms with E-state index in [0.29, 0.717) is 30.2 Å². The number of nitrogens with one attached hydrogen (secondary N) is 1. The zero-order valence-electron chi connectivity index (χ0n) is 10.9. The number of hydrogen-bond donors (Lipinski definition) is 1. The molecule has 0 bridgehead atoms. The van der Waals surface area contributed by atoms with Crippen LogP contribution in [0.2, 0.25) is 0 Å². The van der Waals surface area contributed by atoms with Crippen LogP contribution in [0.1, 0.15) is 10.4 Å². The van der Waals surface area contributed by atoms with Crippen LogP contribution in [0, 0.1) is 0 Å². The van der Waals surface area contributed by atoms with Crippen LogP contribution in [0.5, 0.6) is 11.5 Å². The lowest BCUT2D eigenvalue weighted by atomic mass is 10.1. The largest absolute Gasteiger partial charge is 0.493 e. The van der Waals surface area contributed by atoms with E-state index >= 15 is 0 Å². The number of carbonyl (C=O) groups excluding carboxylic acids is 2. The first kappa shape index (κ1) is 13.2. The standard InChI is InChI=1S/C13H16N2O4/c1-18-10-4-3-9(7-11(10)19-2)13(17)15-6-5-14-12(16)8-15/h3-4,7H,5-6,8H2,1-2H3,(H,14,16). The van der Waals surface area contributed by atoms with Gasteiger partial charge < -0.3 is 19.7 Å².